The molecule has 3 rings (SSSR count). The molecule has 15 heavy (non-hydrogen) atoms. The number of hydrogen-bond acceptors (Lipinski definition) is 3. The lowest BCUT2D eigenvalue weighted by atomic mass is 10.0. The number of aliphatic hydroxyl groups is 1. The van der Waals surface area contributed by atoms with E-state index in [9.17, 15) is 5.11 Å². The standard InChI is InChI=1S/C11H17N3O/c1-14-11-5-3-8-7(9(8)6-15)2-4-10(11)12-13-14/h7-9,15H,2-6H2,1H3/t7-,8+,9?/m0/s1. The van der Waals surface area contributed by atoms with E-state index >= 15 is 0 Å². The molecule has 1 fully saturated rings. The second-order valence-electron chi connectivity index (χ2n) is 4.86. The molecule has 2 aliphatic carbocycles. The van der Waals surface area contributed by atoms with Crippen molar-refractivity contribution in [1.82, 2.24) is 15.0 Å². The van der Waals surface area contributed by atoms with Gasteiger partial charge in [-0.25, -0.2) is 0 Å². The first-order valence-corrected chi connectivity index (χ1v) is 5.79. The Bertz CT molecular complexity index is 374. The number of fused-ring (bicyclic) bond motifs is 2. The largest absolute Gasteiger partial charge is 0.396 e. The minimum atomic E-state index is 0.372. The van der Waals surface area contributed by atoms with E-state index in [-0.39, 0.29) is 0 Å². The highest BCUT2D eigenvalue weighted by Gasteiger charge is 2.49. The number of hydrogen-bond donors (Lipinski definition) is 1. The van der Waals surface area contributed by atoms with Gasteiger partial charge in [-0.1, -0.05) is 5.21 Å². The maximum atomic E-state index is 9.21. The molecule has 1 aromatic heterocycles. The Morgan fingerprint density at radius 3 is 2.80 bits per heavy atom. The van der Waals surface area contributed by atoms with Crippen molar-refractivity contribution in [2.24, 2.45) is 24.8 Å². The Morgan fingerprint density at radius 2 is 2.07 bits per heavy atom. The molecule has 0 aliphatic heterocycles. The van der Waals surface area contributed by atoms with E-state index < -0.39 is 0 Å². The second-order valence-corrected chi connectivity index (χ2v) is 4.86. The zero-order valence-corrected chi connectivity index (χ0v) is 9.06. The third-order valence-electron chi connectivity index (χ3n) is 4.17. The maximum absolute atomic E-state index is 9.21. The Hall–Kier alpha value is -0.900. The summed E-state index contributed by atoms with van der Waals surface area (Å²) >= 11 is 0. The van der Waals surface area contributed by atoms with Crippen LogP contribution in [0.1, 0.15) is 24.2 Å². The van der Waals surface area contributed by atoms with Crippen LogP contribution in [-0.4, -0.2) is 26.7 Å². The van der Waals surface area contributed by atoms with Gasteiger partial charge >= 0.3 is 0 Å². The summed E-state index contributed by atoms with van der Waals surface area (Å²) in [5.74, 6) is 2.09. The van der Waals surface area contributed by atoms with E-state index in [1.54, 1.807) is 0 Å². The molecule has 4 heteroatoms. The van der Waals surface area contributed by atoms with Crippen LogP contribution in [0.2, 0.25) is 0 Å². The van der Waals surface area contributed by atoms with Crippen LogP contribution in [0.4, 0.5) is 0 Å². The lowest BCUT2D eigenvalue weighted by Crippen LogP contribution is -2.04. The fourth-order valence-corrected chi connectivity index (χ4v) is 3.18. The minimum absolute atomic E-state index is 0.372. The summed E-state index contributed by atoms with van der Waals surface area (Å²) in [4.78, 5) is 0. The van der Waals surface area contributed by atoms with Gasteiger partial charge < -0.3 is 5.11 Å². The minimum Gasteiger partial charge on any atom is -0.396 e. The molecule has 1 aromatic rings. The van der Waals surface area contributed by atoms with Crippen molar-refractivity contribution >= 4 is 0 Å². The van der Waals surface area contributed by atoms with E-state index in [2.05, 4.69) is 10.3 Å². The zero-order valence-electron chi connectivity index (χ0n) is 9.06. The van der Waals surface area contributed by atoms with Crippen LogP contribution < -0.4 is 0 Å². The molecule has 3 atom stereocenters. The molecule has 0 spiro atoms. The molecule has 82 valence electrons. The Balaban J connectivity index is 1.80. The average Bonchev–Trinajstić information content (AvgIpc) is 2.76. The van der Waals surface area contributed by atoms with Crippen LogP contribution in [-0.2, 0) is 19.9 Å². The summed E-state index contributed by atoms with van der Waals surface area (Å²) in [7, 11) is 1.97. The third kappa shape index (κ3) is 1.39. The predicted molar refractivity (Wildman–Crippen MR) is 55.2 cm³/mol. The Kier molecular flexibility index (Phi) is 2.06. The van der Waals surface area contributed by atoms with Gasteiger partial charge in [-0.05, 0) is 43.4 Å². The quantitative estimate of drug-likeness (QED) is 0.731. The SMILES string of the molecule is Cn1nnc2c1CC[C@H]1C(CO)[C@H]1CC2. The topological polar surface area (TPSA) is 50.9 Å². The van der Waals surface area contributed by atoms with Crippen LogP contribution in [0.25, 0.3) is 0 Å². The van der Waals surface area contributed by atoms with Crippen molar-refractivity contribution in [2.75, 3.05) is 6.61 Å². The number of aromatic nitrogens is 3. The molecule has 2 aliphatic rings. The average molecular weight is 207 g/mol. The van der Waals surface area contributed by atoms with Gasteiger partial charge in [-0.2, -0.15) is 0 Å². The summed E-state index contributed by atoms with van der Waals surface area (Å²) in [6.07, 6.45) is 4.50. The molecule has 0 bridgehead atoms. The van der Waals surface area contributed by atoms with Gasteiger partial charge in [-0.3, -0.25) is 4.68 Å². The maximum Gasteiger partial charge on any atom is 0.0859 e. The first-order valence-electron chi connectivity index (χ1n) is 5.79. The molecule has 0 radical (unpaired) electrons. The van der Waals surface area contributed by atoms with Gasteiger partial charge in [0.2, 0.25) is 0 Å². The zero-order chi connectivity index (χ0) is 10.4. The van der Waals surface area contributed by atoms with Crippen LogP contribution in [0, 0.1) is 17.8 Å². The van der Waals surface area contributed by atoms with Crippen LogP contribution in [0.15, 0.2) is 0 Å². The van der Waals surface area contributed by atoms with Gasteiger partial charge in [0, 0.05) is 13.7 Å². The highest BCUT2D eigenvalue weighted by Crippen LogP contribution is 2.52. The molecule has 1 heterocycles. The first kappa shape index (κ1) is 9.33. The third-order valence-corrected chi connectivity index (χ3v) is 4.17. The molecule has 1 unspecified atom stereocenters. The number of aliphatic hydroxyl groups excluding tert-OH is 1. The van der Waals surface area contributed by atoms with E-state index in [4.69, 9.17) is 0 Å². The van der Waals surface area contributed by atoms with E-state index in [1.807, 2.05) is 11.7 Å². The molecule has 1 saturated carbocycles. The molecule has 0 saturated heterocycles. The molecule has 4 nitrogen and oxygen atoms in total. The van der Waals surface area contributed by atoms with Crippen molar-refractivity contribution in [3.8, 4) is 0 Å². The van der Waals surface area contributed by atoms with Crippen molar-refractivity contribution in [3.05, 3.63) is 11.4 Å². The van der Waals surface area contributed by atoms with Gasteiger partial charge in [0.1, 0.15) is 0 Å². The lowest BCUT2D eigenvalue weighted by molar-refractivity contribution is 0.262. The summed E-state index contributed by atoms with van der Waals surface area (Å²) in [5.41, 5.74) is 2.48. The van der Waals surface area contributed by atoms with Crippen LogP contribution >= 0.6 is 0 Å². The van der Waals surface area contributed by atoms with Gasteiger partial charge in [0.05, 0.1) is 11.4 Å². The molecule has 0 aromatic carbocycles. The molecular weight excluding hydrogens is 190 g/mol. The van der Waals surface area contributed by atoms with Crippen molar-refractivity contribution in [1.29, 1.82) is 0 Å². The Morgan fingerprint density at radius 1 is 1.33 bits per heavy atom. The molecular formula is C11H17N3O. The number of rotatable bonds is 1. The van der Waals surface area contributed by atoms with Gasteiger partial charge in [-0.15, -0.1) is 5.10 Å². The molecule has 1 N–H and O–H groups in total. The van der Waals surface area contributed by atoms with Gasteiger partial charge in [0.15, 0.2) is 0 Å². The van der Waals surface area contributed by atoms with Crippen molar-refractivity contribution in [3.63, 3.8) is 0 Å². The van der Waals surface area contributed by atoms with E-state index in [0.29, 0.717) is 12.5 Å². The summed E-state index contributed by atoms with van der Waals surface area (Å²) < 4.78 is 1.91. The monoisotopic (exact) mass is 207 g/mol. The highest BCUT2D eigenvalue weighted by molar-refractivity contribution is 5.14. The summed E-state index contributed by atoms with van der Waals surface area (Å²) in [6.45, 7) is 0.372. The lowest BCUT2D eigenvalue weighted by Gasteiger charge is -2.07. The summed E-state index contributed by atoms with van der Waals surface area (Å²) in [6, 6.07) is 0. The number of aryl methyl sites for hydroxylation is 2. The number of nitrogens with zero attached hydrogens (tertiary/aromatic N) is 3. The van der Waals surface area contributed by atoms with Crippen LogP contribution in [0.3, 0.4) is 0 Å². The van der Waals surface area contributed by atoms with Crippen molar-refractivity contribution < 1.29 is 5.11 Å². The second kappa shape index (κ2) is 3.30. The summed E-state index contributed by atoms with van der Waals surface area (Å²) in [5, 5.41) is 17.5. The van der Waals surface area contributed by atoms with E-state index in [0.717, 1.165) is 24.7 Å². The predicted octanol–water partition coefficient (Wildman–Crippen LogP) is 0.548. The Labute approximate surface area is 89.3 Å². The first-order chi connectivity index (χ1) is 7.31. The fraction of sp³-hybridized carbons (Fsp3) is 0.818. The normalized spacial score (nSPS) is 33.9. The van der Waals surface area contributed by atoms with E-state index in [1.165, 1.54) is 24.2 Å². The van der Waals surface area contributed by atoms with Crippen LogP contribution in [0.5, 0.6) is 0 Å². The highest BCUT2D eigenvalue weighted by atomic mass is 16.3. The molecule has 0 amide bonds. The van der Waals surface area contributed by atoms with Crippen molar-refractivity contribution in [2.45, 2.75) is 25.7 Å². The van der Waals surface area contributed by atoms with Gasteiger partial charge in [0.25, 0.3) is 0 Å². The smallest absolute Gasteiger partial charge is 0.0859 e. The fourth-order valence-electron chi connectivity index (χ4n) is 3.18.